The number of carbonyl (C=O) groups excluding carboxylic acids is 1. The van der Waals surface area contributed by atoms with Crippen molar-refractivity contribution in [2.75, 3.05) is 11.9 Å². The number of nitrogens with one attached hydrogen (secondary N) is 2. The van der Waals surface area contributed by atoms with Gasteiger partial charge in [-0.3, -0.25) is 4.79 Å². The van der Waals surface area contributed by atoms with Crippen molar-refractivity contribution in [2.45, 2.75) is 13.0 Å². The van der Waals surface area contributed by atoms with Crippen LogP contribution in [0, 0.1) is 5.82 Å². The molecule has 2 N–H and O–H groups in total. The minimum atomic E-state index is -0.311. The van der Waals surface area contributed by atoms with Gasteiger partial charge in [0.15, 0.2) is 0 Å². The number of rotatable bonds is 8. The molecule has 0 spiro atoms. The van der Waals surface area contributed by atoms with Gasteiger partial charge in [-0.15, -0.1) is 0 Å². The predicted octanol–water partition coefficient (Wildman–Crippen LogP) is 4.74. The van der Waals surface area contributed by atoms with Crippen LogP contribution in [0.2, 0.25) is 0 Å². The van der Waals surface area contributed by atoms with Crippen molar-refractivity contribution in [1.82, 2.24) is 5.32 Å². The SMILES string of the molecule is O=C(CCNc1ccc(Oc2ccccc2)cc1)NCc1ccccc1F. The van der Waals surface area contributed by atoms with Gasteiger partial charge in [-0.05, 0) is 42.5 Å². The number of benzene rings is 3. The van der Waals surface area contributed by atoms with Gasteiger partial charge in [0.2, 0.25) is 5.91 Å². The van der Waals surface area contributed by atoms with E-state index in [2.05, 4.69) is 10.6 Å². The summed E-state index contributed by atoms with van der Waals surface area (Å²) in [5.41, 5.74) is 1.38. The van der Waals surface area contributed by atoms with E-state index in [4.69, 9.17) is 4.74 Å². The molecular weight excluding hydrogens is 343 g/mol. The minimum absolute atomic E-state index is 0.130. The molecule has 5 heteroatoms. The summed E-state index contributed by atoms with van der Waals surface area (Å²) in [7, 11) is 0. The van der Waals surface area contributed by atoms with Crippen molar-refractivity contribution < 1.29 is 13.9 Å². The lowest BCUT2D eigenvalue weighted by Gasteiger charge is -2.09. The Morgan fingerprint density at radius 2 is 1.52 bits per heavy atom. The van der Waals surface area contributed by atoms with Gasteiger partial charge in [0, 0.05) is 30.8 Å². The summed E-state index contributed by atoms with van der Waals surface area (Å²) in [6.45, 7) is 0.680. The van der Waals surface area contributed by atoms with Crippen LogP contribution in [0.4, 0.5) is 10.1 Å². The standard InChI is InChI=1S/C22H21FN2O2/c23-21-9-5-4-6-17(21)16-25-22(26)14-15-24-18-10-12-20(13-11-18)27-19-7-2-1-3-8-19/h1-13,24H,14-16H2,(H,25,26). The van der Waals surface area contributed by atoms with E-state index in [-0.39, 0.29) is 18.3 Å². The van der Waals surface area contributed by atoms with E-state index in [1.807, 2.05) is 54.6 Å². The Hall–Kier alpha value is -3.34. The summed E-state index contributed by atoms with van der Waals surface area (Å²) >= 11 is 0. The quantitative estimate of drug-likeness (QED) is 0.607. The molecule has 0 heterocycles. The number of halogens is 1. The van der Waals surface area contributed by atoms with Gasteiger partial charge in [0.1, 0.15) is 17.3 Å². The van der Waals surface area contributed by atoms with E-state index in [1.165, 1.54) is 6.07 Å². The molecule has 27 heavy (non-hydrogen) atoms. The first kappa shape index (κ1) is 18.5. The Kier molecular flexibility index (Phi) is 6.41. The fourth-order valence-electron chi connectivity index (χ4n) is 2.51. The Morgan fingerprint density at radius 3 is 2.26 bits per heavy atom. The van der Waals surface area contributed by atoms with Gasteiger partial charge in [-0.2, -0.15) is 0 Å². The van der Waals surface area contributed by atoms with Gasteiger partial charge < -0.3 is 15.4 Å². The second-order valence-electron chi connectivity index (χ2n) is 5.98. The van der Waals surface area contributed by atoms with Crippen LogP contribution in [0.5, 0.6) is 11.5 Å². The average molecular weight is 364 g/mol. The molecule has 0 saturated carbocycles. The van der Waals surface area contributed by atoms with Crippen LogP contribution in [-0.4, -0.2) is 12.5 Å². The Labute approximate surface area is 158 Å². The lowest BCUT2D eigenvalue weighted by Crippen LogP contribution is -2.25. The Balaban J connectivity index is 1.39. The zero-order valence-corrected chi connectivity index (χ0v) is 14.8. The molecule has 3 aromatic carbocycles. The van der Waals surface area contributed by atoms with E-state index in [0.717, 1.165) is 17.2 Å². The predicted molar refractivity (Wildman–Crippen MR) is 104 cm³/mol. The lowest BCUT2D eigenvalue weighted by atomic mass is 10.2. The van der Waals surface area contributed by atoms with Crippen molar-refractivity contribution in [3.05, 3.63) is 90.2 Å². The third kappa shape index (κ3) is 5.85. The zero-order chi connectivity index (χ0) is 18.9. The van der Waals surface area contributed by atoms with Crippen LogP contribution in [-0.2, 0) is 11.3 Å². The smallest absolute Gasteiger partial charge is 0.222 e. The fraction of sp³-hybridized carbons (Fsp3) is 0.136. The molecule has 0 atom stereocenters. The first-order valence-corrected chi connectivity index (χ1v) is 8.77. The highest BCUT2D eigenvalue weighted by Gasteiger charge is 2.04. The zero-order valence-electron chi connectivity index (χ0n) is 14.8. The number of amides is 1. The van der Waals surface area contributed by atoms with Crippen LogP contribution >= 0.6 is 0 Å². The van der Waals surface area contributed by atoms with E-state index >= 15 is 0 Å². The van der Waals surface area contributed by atoms with Gasteiger partial charge in [-0.25, -0.2) is 4.39 Å². The maximum atomic E-state index is 13.5. The molecule has 138 valence electrons. The largest absolute Gasteiger partial charge is 0.457 e. The molecule has 4 nitrogen and oxygen atoms in total. The summed E-state index contributed by atoms with van der Waals surface area (Å²) in [4.78, 5) is 11.9. The number of hydrogen-bond donors (Lipinski definition) is 2. The van der Waals surface area contributed by atoms with E-state index in [9.17, 15) is 9.18 Å². The van der Waals surface area contributed by atoms with Gasteiger partial charge in [0.25, 0.3) is 0 Å². The van der Waals surface area contributed by atoms with Crippen molar-refractivity contribution in [1.29, 1.82) is 0 Å². The van der Waals surface area contributed by atoms with Crippen molar-refractivity contribution in [3.63, 3.8) is 0 Å². The molecule has 0 aliphatic heterocycles. The second-order valence-corrected chi connectivity index (χ2v) is 5.98. The molecule has 1 amide bonds. The van der Waals surface area contributed by atoms with Gasteiger partial charge >= 0.3 is 0 Å². The molecule has 0 saturated heterocycles. The summed E-state index contributed by atoms with van der Waals surface area (Å²) < 4.78 is 19.2. The van der Waals surface area contributed by atoms with Crippen molar-refractivity contribution in [2.24, 2.45) is 0 Å². The van der Waals surface area contributed by atoms with E-state index < -0.39 is 0 Å². The van der Waals surface area contributed by atoms with Gasteiger partial charge in [0.05, 0.1) is 0 Å². The number of para-hydroxylation sites is 1. The summed E-state index contributed by atoms with van der Waals surface area (Å²) in [6.07, 6.45) is 0.302. The summed E-state index contributed by atoms with van der Waals surface area (Å²) in [6, 6.07) is 23.5. The second kappa shape index (κ2) is 9.38. The lowest BCUT2D eigenvalue weighted by molar-refractivity contribution is -0.121. The van der Waals surface area contributed by atoms with E-state index in [0.29, 0.717) is 18.5 Å². The first-order valence-electron chi connectivity index (χ1n) is 8.77. The molecule has 0 fully saturated rings. The molecule has 0 aliphatic rings. The molecule has 0 aromatic heterocycles. The molecule has 0 bridgehead atoms. The summed E-state index contributed by atoms with van der Waals surface area (Å²) in [5, 5.41) is 5.91. The molecule has 0 radical (unpaired) electrons. The highest BCUT2D eigenvalue weighted by Crippen LogP contribution is 2.22. The average Bonchev–Trinajstić information content (AvgIpc) is 2.69. The fourth-order valence-corrected chi connectivity index (χ4v) is 2.51. The Bertz CT molecular complexity index is 867. The number of ether oxygens (including phenoxy) is 1. The maximum absolute atomic E-state index is 13.5. The summed E-state index contributed by atoms with van der Waals surface area (Å²) in [5.74, 6) is 1.09. The minimum Gasteiger partial charge on any atom is -0.457 e. The number of hydrogen-bond acceptors (Lipinski definition) is 3. The van der Waals surface area contributed by atoms with E-state index in [1.54, 1.807) is 18.2 Å². The molecule has 3 aromatic rings. The highest BCUT2D eigenvalue weighted by atomic mass is 19.1. The third-order valence-electron chi connectivity index (χ3n) is 3.95. The normalized spacial score (nSPS) is 10.3. The molecule has 0 unspecified atom stereocenters. The topological polar surface area (TPSA) is 50.4 Å². The third-order valence-corrected chi connectivity index (χ3v) is 3.95. The van der Waals surface area contributed by atoms with Crippen LogP contribution in [0.25, 0.3) is 0 Å². The maximum Gasteiger partial charge on any atom is 0.222 e. The molecular formula is C22H21FN2O2. The molecule has 3 rings (SSSR count). The number of carbonyl (C=O) groups is 1. The van der Waals surface area contributed by atoms with Crippen LogP contribution in [0.15, 0.2) is 78.9 Å². The number of anilines is 1. The monoisotopic (exact) mass is 364 g/mol. The highest BCUT2D eigenvalue weighted by molar-refractivity contribution is 5.76. The van der Waals surface area contributed by atoms with Crippen molar-refractivity contribution in [3.8, 4) is 11.5 Å². The van der Waals surface area contributed by atoms with Crippen LogP contribution in [0.3, 0.4) is 0 Å². The molecule has 0 aliphatic carbocycles. The van der Waals surface area contributed by atoms with Crippen LogP contribution in [0.1, 0.15) is 12.0 Å². The Morgan fingerprint density at radius 1 is 0.852 bits per heavy atom. The van der Waals surface area contributed by atoms with Crippen molar-refractivity contribution >= 4 is 11.6 Å². The van der Waals surface area contributed by atoms with Crippen LogP contribution < -0.4 is 15.4 Å². The first-order chi connectivity index (χ1) is 13.2. The van der Waals surface area contributed by atoms with Gasteiger partial charge in [-0.1, -0.05) is 36.4 Å².